The molecule has 0 aliphatic carbocycles. The molecule has 1 saturated heterocycles. The van der Waals surface area contributed by atoms with Gasteiger partial charge < -0.3 is 26.1 Å². The lowest BCUT2D eigenvalue weighted by Crippen LogP contribution is -2.36. The summed E-state index contributed by atoms with van der Waals surface area (Å²) in [5.41, 5.74) is 7.96. The Morgan fingerprint density at radius 1 is 1.29 bits per heavy atom. The van der Waals surface area contributed by atoms with Gasteiger partial charge in [0.05, 0.1) is 18.9 Å². The first kappa shape index (κ1) is 19.5. The number of aromatic nitrogens is 1. The number of morpholine rings is 1. The Hall–Kier alpha value is -3.26. The predicted molar refractivity (Wildman–Crippen MR) is 110 cm³/mol. The second-order valence-electron chi connectivity index (χ2n) is 6.33. The third-order valence-corrected chi connectivity index (χ3v) is 4.54. The SMILES string of the molecule is CN/C=C(\C=N)c1cc(C(=N)c2ccnc(N3CCOCC3)c2)c(N)cc1F. The van der Waals surface area contributed by atoms with E-state index in [2.05, 4.69) is 15.2 Å². The molecule has 0 bridgehead atoms. The van der Waals surface area contributed by atoms with Gasteiger partial charge in [-0.2, -0.15) is 0 Å². The zero-order valence-electron chi connectivity index (χ0n) is 15.6. The molecule has 0 amide bonds. The minimum atomic E-state index is -0.539. The highest BCUT2D eigenvalue weighted by atomic mass is 19.1. The van der Waals surface area contributed by atoms with Crippen molar-refractivity contribution in [3.05, 3.63) is 59.2 Å². The maximum atomic E-state index is 14.4. The number of anilines is 2. The van der Waals surface area contributed by atoms with Crippen molar-refractivity contribution in [3.8, 4) is 0 Å². The van der Waals surface area contributed by atoms with Crippen molar-refractivity contribution in [2.75, 3.05) is 44.0 Å². The summed E-state index contributed by atoms with van der Waals surface area (Å²) in [4.78, 5) is 6.49. The number of allylic oxidation sites excluding steroid dienone is 1. The van der Waals surface area contributed by atoms with E-state index in [1.54, 1.807) is 19.3 Å². The predicted octanol–water partition coefficient (Wildman–Crippen LogP) is 2.27. The molecule has 0 atom stereocenters. The van der Waals surface area contributed by atoms with E-state index >= 15 is 0 Å². The quantitative estimate of drug-likeness (QED) is 0.452. The first-order chi connectivity index (χ1) is 13.5. The average molecular weight is 382 g/mol. The topological polar surface area (TPSA) is 111 Å². The molecule has 3 rings (SSSR count). The lowest BCUT2D eigenvalue weighted by molar-refractivity contribution is 0.122. The zero-order chi connectivity index (χ0) is 20.1. The number of benzene rings is 1. The van der Waals surface area contributed by atoms with Crippen LogP contribution in [0.25, 0.3) is 5.57 Å². The summed E-state index contributed by atoms with van der Waals surface area (Å²) in [7, 11) is 1.67. The average Bonchev–Trinajstić information content (AvgIpc) is 2.73. The normalized spacial score (nSPS) is 14.6. The van der Waals surface area contributed by atoms with Crippen molar-refractivity contribution in [2.45, 2.75) is 0 Å². The van der Waals surface area contributed by atoms with Gasteiger partial charge in [0.25, 0.3) is 0 Å². The molecule has 0 unspecified atom stereocenters. The van der Waals surface area contributed by atoms with Crippen molar-refractivity contribution in [2.24, 2.45) is 0 Å². The van der Waals surface area contributed by atoms with E-state index in [1.165, 1.54) is 18.3 Å². The highest BCUT2D eigenvalue weighted by molar-refractivity contribution is 6.16. The summed E-state index contributed by atoms with van der Waals surface area (Å²) < 4.78 is 19.8. The highest BCUT2D eigenvalue weighted by Gasteiger charge is 2.17. The van der Waals surface area contributed by atoms with Crippen molar-refractivity contribution in [1.82, 2.24) is 10.3 Å². The fraction of sp³-hybridized carbons (Fsp3) is 0.250. The molecule has 1 aliphatic rings. The molecule has 0 spiro atoms. The van der Waals surface area contributed by atoms with Crippen LogP contribution in [0.3, 0.4) is 0 Å². The summed E-state index contributed by atoms with van der Waals surface area (Å²) >= 11 is 0. The van der Waals surface area contributed by atoms with E-state index in [-0.39, 0.29) is 17.0 Å². The summed E-state index contributed by atoms with van der Waals surface area (Å²) in [6.45, 7) is 2.76. The van der Waals surface area contributed by atoms with E-state index in [4.69, 9.17) is 21.3 Å². The molecule has 1 aromatic carbocycles. The molecule has 1 fully saturated rings. The number of ether oxygens (including phenoxy) is 1. The van der Waals surface area contributed by atoms with Gasteiger partial charge >= 0.3 is 0 Å². The molecule has 8 heteroatoms. The lowest BCUT2D eigenvalue weighted by Gasteiger charge is -2.28. The Morgan fingerprint density at radius 2 is 2.04 bits per heavy atom. The summed E-state index contributed by atoms with van der Waals surface area (Å²) in [5, 5.41) is 18.9. The maximum absolute atomic E-state index is 14.4. The van der Waals surface area contributed by atoms with Crippen LogP contribution < -0.4 is 16.0 Å². The number of nitrogens with one attached hydrogen (secondary N) is 3. The van der Waals surface area contributed by atoms with Gasteiger partial charge in [-0.1, -0.05) is 0 Å². The molecule has 2 aromatic rings. The summed E-state index contributed by atoms with van der Waals surface area (Å²) in [6, 6.07) is 6.26. The van der Waals surface area contributed by atoms with Gasteiger partial charge in [0, 0.05) is 66.7 Å². The molecular formula is C20H23FN6O. The van der Waals surface area contributed by atoms with Gasteiger partial charge in [0.15, 0.2) is 0 Å². The first-order valence-electron chi connectivity index (χ1n) is 8.90. The number of nitrogen functional groups attached to an aromatic ring is 1. The molecular weight excluding hydrogens is 359 g/mol. The van der Waals surface area contributed by atoms with E-state index in [1.807, 2.05) is 6.07 Å². The van der Waals surface area contributed by atoms with Crippen LogP contribution in [-0.4, -0.2) is 50.3 Å². The van der Waals surface area contributed by atoms with Crippen molar-refractivity contribution >= 4 is 29.0 Å². The summed E-state index contributed by atoms with van der Waals surface area (Å²) in [6.07, 6.45) is 4.23. The maximum Gasteiger partial charge on any atom is 0.133 e. The molecule has 1 aliphatic heterocycles. The Kier molecular flexibility index (Phi) is 6.00. The molecule has 146 valence electrons. The lowest BCUT2D eigenvalue weighted by atomic mass is 9.96. The molecule has 7 nitrogen and oxygen atoms in total. The van der Waals surface area contributed by atoms with E-state index in [9.17, 15) is 4.39 Å². The Labute approximate surface area is 163 Å². The third kappa shape index (κ3) is 4.01. The highest BCUT2D eigenvalue weighted by Crippen LogP contribution is 2.26. The second-order valence-corrected chi connectivity index (χ2v) is 6.33. The van der Waals surface area contributed by atoms with Crippen LogP contribution in [-0.2, 0) is 4.74 Å². The third-order valence-electron chi connectivity index (χ3n) is 4.54. The molecule has 0 saturated carbocycles. The number of hydrogen-bond acceptors (Lipinski definition) is 7. The summed E-state index contributed by atoms with van der Waals surface area (Å²) in [5.74, 6) is 0.226. The Balaban J connectivity index is 1.98. The molecule has 1 aromatic heterocycles. The number of nitrogens with zero attached hydrogens (tertiary/aromatic N) is 2. The van der Waals surface area contributed by atoms with Crippen LogP contribution in [0.2, 0.25) is 0 Å². The molecule has 28 heavy (non-hydrogen) atoms. The largest absolute Gasteiger partial charge is 0.398 e. The zero-order valence-corrected chi connectivity index (χ0v) is 15.6. The Morgan fingerprint density at radius 3 is 2.71 bits per heavy atom. The number of hydrogen-bond donors (Lipinski definition) is 4. The van der Waals surface area contributed by atoms with Crippen LogP contribution in [0.5, 0.6) is 0 Å². The van der Waals surface area contributed by atoms with Crippen molar-refractivity contribution in [3.63, 3.8) is 0 Å². The van der Waals surface area contributed by atoms with Gasteiger partial charge in [-0.05, 0) is 24.3 Å². The van der Waals surface area contributed by atoms with Gasteiger partial charge in [0.2, 0.25) is 0 Å². The van der Waals surface area contributed by atoms with E-state index in [0.29, 0.717) is 29.9 Å². The van der Waals surface area contributed by atoms with Crippen LogP contribution in [0, 0.1) is 16.6 Å². The van der Waals surface area contributed by atoms with Gasteiger partial charge in [-0.3, -0.25) is 5.41 Å². The molecule has 0 radical (unpaired) electrons. The number of nitrogens with two attached hydrogens (primary N) is 1. The number of halogens is 1. The van der Waals surface area contributed by atoms with Crippen molar-refractivity contribution < 1.29 is 9.13 Å². The minimum Gasteiger partial charge on any atom is -0.398 e. The van der Waals surface area contributed by atoms with E-state index < -0.39 is 5.82 Å². The van der Waals surface area contributed by atoms with Crippen LogP contribution in [0.4, 0.5) is 15.9 Å². The second kappa shape index (κ2) is 8.62. The fourth-order valence-electron chi connectivity index (χ4n) is 3.07. The minimum absolute atomic E-state index is 0.171. The van der Waals surface area contributed by atoms with Gasteiger partial charge in [-0.25, -0.2) is 9.37 Å². The first-order valence-corrected chi connectivity index (χ1v) is 8.90. The van der Waals surface area contributed by atoms with E-state index in [0.717, 1.165) is 25.1 Å². The molecule has 2 heterocycles. The molecule has 5 N–H and O–H groups in total. The number of rotatable bonds is 6. The van der Waals surface area contributed by atoms with Gasteiger partial charge in [0.1, 0.15) is 11.6 Å². The van der Waals surface area contributed by atoms with Crippen LogP contribution in [0.1, 0.15) is 16.7 Å². The fourth-order valence-corrected chi connectivity index (χ4v) is 3.07. The van der Waals surface area contributed by atoms with Crippen LogP contribution in [0.15, 0.2) is 36.7 Å². The van der Waals surface area contributed by atoms with Crippen molar-refractivity contribution in [1.29, 1.82) is 10.8 Å². The van der Waals surface area contributed by atoms with Crippen LogP contribution >= 0.6 is 0 Å². The Bertz CT molecular complexity index is 921. The number of pyridine rings is 1. The monoisotopic (exact) mass is 382 g/mol. The van der Waals surface area contributed by atoms with Gasteiger partial charge in [-0.15, -0.1) is 0 Å². The smallest absolute Gasteiger partial charge is 0.133 e. The standard InChI is InChI=1S/C20H23FN6O/c1-25-12-14(11-22)15-9-16(18(23)10-17(15)21)20(24)13-2-3-26-19(8-13)27-4-6-28-7-5-27/h2-3,8-12,22,24-25H,4-7,23H2,1H3/b14-12+,22-11?,24-20?.